The Morgan fingerprint density at radius 2 is 2.25 bits per heavy atom. The van der Waals surface area contributed by atoms with E-state index in [-0.39, 0.29) is 12.2 Å². The minimum Gasteiger partial charge on any atom is -0.463 e. The van der Waals surface area contributed by atoms with Gasteiger partial charge in [0.05, 0.1) is 17.9 Å². The van der Waals surface area contributed by atoms with Crippen LogP contribution in [0.25, 0.3) is 5.69 Å². The number of esters is 2. The highest BCUT2D eigenvalue weighted by Gasteiger charge is 2.31. The Hall–Kier alpha value is -2.77. The molecular weight excluding hydrogens is 264 g/mol. The van der Waals surface area contributed by atoms with Crippen molar-refractivity contribution in [2.24, 2.45) is 0 Å². The van der Waals surface area contributed by atoms with Gasteiger partial charge < -0.3 is 9.47 Å². The van der Waals surface area contributed by atoms with Crippen LogP contribution >= 0.6 is 0 Å². The molecule has 2 heterocycles. The van der Waals surface area contributed by atoms with E-state index < -0.39 is 18.0 Å². The lowest BCUT2D eigenvalue weighted by atomic mass is 10.2. The predicted octanol–water partition coefficient (Wildman–Crippen LogP) is 0.135. The normalized spacial score (nSPS) is 17.8. The van der Waals surface area contributed by atoms with Gasteiger partial charge in [-0.1, -0.05) is 12.1 Å². The van der Waals surface area contributed by atoms with E-state index in [1.165, 1.54) is 11.0 Å². The summed E-state index contributed by atoms with van der Waals surface area (Å²) in [4.78, 5) is 23.5. The van der Waals surface area contributed by atoms with Gasteiger partial charge >= 0.3 is 11.9 Å². The topological polar surface area (TPSA) is 96.2 Å². The van der Waals surface area contributed by atoms with Crippen LogP contribution in [0.1, 0.15) is 16.8 Å². The van der Waals surface area contributed by atoms with E-state index in [2.05, 4.69) is 15.5 Å². The van der Waals surface area contributed by atoms with Crippen molar-refractivity contribution >= 4 is 11.9 Å². The van der Waals surface area contributed by atoms with Crippen molar-refractivity contribution in [1.29, 1.82) is 0 Å². The first-order chi connectivity index (χ1) is 9.75. The number of ether oxygens (including phenoxy) is 2. The van der Waals surface area contributed by atoms with E-state index in [9.17, 15) is 9.59 Å². The number of hydrogen-bond donors (Lipinski definition) is 0. The molecule has 2 aromatic rings. The number of nitrogens with zero attached hydrogens (tertiary/aromatic N) is 4. The van der Waals surface area contributed by atoms with Gasteiger partial charge in [-0.25, -0.2) is 9.59 Å². The summed E-state index contributed by atoms with van der Waals surface area (Å²) in [6.45, 7) is 0.269. The molecule has 0 bridgehead atoms. The monoisotopic (exact) mass is 274 g/mol. The minimum absolute atomic E-state index is 0.269. The smallest absolute Gasteiger partial charge is 0.347 e. The van der Waals surface area contributed by atoms with Gasteiger partial charge in [0, 0.05) is 6.42 Å². The molecule has 0 amide bonds. The van der Waals surface area contributed by atoms with Crippen LogP contribution in [0.5, 0.6) is 0 Å². The number of benzene rings is 1. The molecule has 102 valence electrons. The molecule has 1 aromatic carbocycles. The van der Waals surface area contributed by atoms with E-state index in [0.29, 0.717) is 12.1 Å². The van der Waals surface area contributed by atoms with E-state index >= 15 is 0 Å². The number of rotatable bonds is 3. The quantitative estimate of drug-likeness (QED) is 0.734. The zero-order chi connectivity index (χ0) is 13.9. The fourth-order valence-corrected chi connectivity index (χ4v) is 1.89. The Kier molecular flexibility index (Phi) is 3.12. The van der Waals surface area contributed by atoms with Gasteiger partial charge in [0.2, 0.25) is 6.10 Å². The maximum absolute atomic E-state index is 12.2. The van der Waals surface area contributed by atoms with Crippen molar-refractivity contribution in [2.45, 2.75) is 12.5 Å². The highest BCUT2D eigenvalue weighted by atomic mass is 16.6. The Morgan fingerprint density at radius 3 is 2.95 bits per heavy atom. The average molecular weight is 274 g/mol. The minimum atomic E-state index is -0.843. The van der Waals surface area contributed by atoms with Gasteiger partial charge in [0.1, 0.15) is 6.33 Å². The Labute approximate surface area is 113 Å². The average Bonchev–Trinajstić information content (AvgIpc) is 3.11. The summed E-state index contributed by atoms with van der Waals surface area (Å²) >= 11 is 0. The van der Waals surface area contributed by atoms with Crippen LogP contribution in [0.4, 0.5) is 0 Å². The van der Waals surface area contributed by atoms with Crippen molar-refractivity contribution in [3.8, 4) is 5.69 Å². The molecule has 1 aliphatic rings. The number of tetrazole rings is 1. The number of para-hydroxylation sites is 1. The third-order valence-electron chi connectivity index (χ3n) is 2.86. The second-order valence-corrected chi connectivity index (χ2v) is 4.12. The van der Waals surface area contributed by atoms with Crippen molar-refractivity contribution in [2.75, 3.05) is 6.61 Å². The lowest BCUT2D eigenvalue weighted by molar-refractivity contribution is -0.145. The molecule has 1 saturated heterocycles. The number of cyclic esters (lactones) is 1. The molecule has 8 heteroatoms. The molecule has 1 fully saturated rings. The van der Waals surface area contributed by atoms with E-state index in [4.69, 9.17) is 9.47 Å². The molecule has 1 aliphatic heterocycles. The maximum Gasteiger partial charge on any atom is 0.347 e. The van der Waals surface area contributed by atoms with Crippen LogP contribution in [0.15, 0.2) is 30.6 Å². The molecule has 0 unspecified atom stereocenters. The fourth-order valence-electron chi connectivity index (χ4n) is 1.89. The van der Waals surface area contributed by atoms with Crippen LogP contribution in [0.3, 0.4) is 0 Å². The van der Waals surface area contributed by atoms with Crippen LogP contribution in [0.2, 0.25) is 0 Å². The number of aromatic nitrogens is 4. The van der Waals surface area contributed by atoms with Gasteiger partial charge in [-0.15, -0.1) is 5.10 Å². The van der Waals surface area contributed by atoms with Crippen LogP contribution in [0, 0.1) is 0 Å². The first kappa shape index (κ1) is 12.3. The van der Waals surface area contributed by atoms with Gasteiger partial charge in [0.25, 0.3) is 0 Å². The Morgan fingerprint density at radius 1 is 1.40 bits per heavy atom. The highest BCUT2D eigenvalue weighted by Crippen LogP contribution is 2.17. The standard InChI is InChI=1S/C12H10N4O4/c17-11(20-10-5-6-19-12(10)18)8-3-1-2-4-9(8)16-7-13-14-15-16/h1-4,7,10H,5-6H2/t10-/m1/s1. The second kappa shape index (κ2) is 5.08. The molecule has 0 radical (unpaired) electrons. The van der Waals surface area contributed by atoms with Crippen molar-refractivity contribution in [3.05, 3.63) is 36.2 Å². The van der Waals surface area contributed by atoms with Gasteiger partial charge in [0.15, 0.2) is 0 Å². The van der Waals surface area contributed by atoms with Crippen molar-refractivity contribution in [1.82, 2.24) is 20.2 Å². The predicted molar refractivity (Wildman–Crippen MR) is 63.9 cm³/mol. The maximum atomic E-state index is 12.2. The molecular formula is C12H10N4O4. The Bertz CT molecular complexity index is 641. The third-order valence-corrected chi connectivity index (χ3v) is 2.86. The SMILES string of the molecule is O=C(O[C@@H]1CCOC1=O)c1ccccc1-n1cnnn1. The lowest BCUT2D eigenvalue weighted by Gasteiger charge is -2.11. The molecule has 0 spiro atoms. The summed E-state index contributed by atoms with van der Waals surface area (Å²) < 4.78 is 11.3. The summed E-state index contributed by atoms with van der Waals surface area (Å²) in [6.07, 6.45) is 0.900. The summed E-state index contributed by atoms with van der Waals surface area (Å²) in [6, 6.07) is 6.70. The largest absolute Gasteiger partial charge is 0.463 e. The zero-order valence-electron chi connectivity index (χ0n) is 10.3. The van der Waals surface area contributed by atoms with Crippen LogP contribution in [-0.2, 0) is 14.3 Å². The number of carbonyl (C=O) groups is 2. The van der Waals surface area contributed by atoms with E-state index in [0.717, 1.165) is 0 Å². The second-order valence-electron chi connectivity index (χ2n) is 4.12. The van der Waals surface area contributed by atoms with E-state index in [1.54, 1.807) is 24.3 Å². The summed E-state index contributed by atoms with van der Waals surface area (Å²) in [5.74, 6) is -1.13. The van der Waals surface area contributed by atoms with Gasteiger partial charge in [-0.05, 0) is 22.6 Å². The zero-order valence-corrected chi connectivity index (χ0v) is 10.3. The molecule has 0 aliphatic carbocycles. The van der Waals surface area contributed by atoms with Crippen LogP contribution < -0.4 is 0 Å². The first-order valence-electron chi connectivity index (χ1n) is 5.96. The molecule has 3 rings (SSSR count). The van der Waals surface area contributed by atoms with Crippen LogP contribution in [-0.4, -0.2) is 44.9 Å². The fraction of sp³-hybridized carbons (Fsp3) is 0.250. The van der Waals surface area contributed by atoms with Crippen molar-refractivity contribution in [3.63, 3.8) is 0 Å². The van der Waals surface area contributed by atoms with E-state index in [1.807, 2.05) is 0 Å². The molecule has 0 saturated carbocycles. The summed E-state index contributed by atoms with van der Waals surface area (Å²) in [5, 5.41) is 10.8. The highest BCUT2D eigenvalue weighted by molar-refractivity contribution is 5.95. The first-order valence-corrected chi connectivity index (χ1v) is 5.96. The molecule has 1 atom stereocenters. The van der Waals surface area contributed by atoms with Crippen molar-refractivity contribution < 1.29 is 19.1 Å². The molecule has 1 aromatic heterocycles. The molecule has 20 heavy (non-hydrogen) atoms. The number of hydrogen-bond acceptors (Lipinski definition) is 7. The number of carbonyl (C=O) groups excluding carboxylic acids is 2. The van der Waals surface area contributed by atoms with Gasteiger partial charge in [-0.2, -0.15) is 4.68 Å². The molecule has 8 nitrogen and oxygen atoms in total. The summed E-state index contributed by atoms with van der Waals surface area (Å²) in [7, 11) is 0. The Balaban J connectivity index is 1.86. The molecule has 0 N–H and O–H groups in total. The lowest BCUT2D eigenvalue weighted by Crippen LogP contribution is -2.23. The third kappa shape index (κ3) is 2.22. The van der Waals surface area contributed by atoms with Gasteiger partial charge in [-0.3, -0.25) is 0 Å². The summed E-state index contributed by atoms with van der Waals surface area (Å²) in [5.41, 5.74) is 0.758.